The number of pyridine rings is 1. The number of benzene rings is 2. The van der Waals surface area contributed by atoms with Gasteiger partial charge in [0.15, 0.2) is 0 Å². The Morgan fingerprint density at radius 1 is 0.956 bits per heavy atom. The summed E-state index contributed by atoms with van der Waals surface area (Å²) in [6.07, 6.45) is 0.631. The van der Waals surface area contributed by atoms with Gasteiger partial charge < -0.3 is 19.9 Å². The first-order valence-corrected chi connectivity index (χ1v) is 15.2. The number of anilines is 1. The maximum Gasteiger partial charge on any atom is 0.434 e. The van der Waals surface area contributed by atoms with Crippen molar-refractivity contribution >= 4 is 34.7 Å². The number of aromatic nitrogens is 1. The number of hydrogen-bond acceptors (Lipinski definition) is 8. The summed E-state index contributed by atoms with van der Waals surface area (Å²) in [5, 5.41) is 15.1. The number of carbonyl (C=O) groups is 3. The molecule has 2 N–H and O–H groups in total. The first-order valence-electron chi connectivity index (χ1n) is 15.2. The standard InChI is InChI=1S/C34H44N4O7/c1-33(2,3)44-31(41)37-21-26(38(32(42)45-34(4,5)6)43-22-23-12-8-7-9-13-23)20-25(17-19-39)29(37)30(40)36-27-16-10-14-24-15-11-18-35-28(24)27/h7-16,18,25-26,29,39H,17,19-22H2,1-6H3,(H,36,40)/t25-,26-,29+/m1/s1. The molecule has 45 heavy (non-hydrogen) atoms. The third kappa shape index (κ3) is 9.15. The van der Waals surface area contributed by atoms with E-state index in [0.29, 0.717) is 11.2 Å². The van der Waals surface area contributed by atoms with E-state index in [1.807, 2.05) is 54.6 Å². The number of nitrogens with zero attached hydrogens (tertiary/aromatic N) is 3. The summed E-state index contributed by atoms with van der Waals surface area (Å²) in [6, 6.07) is 16.8. The van der Waals surface area contributed by atoms with Crippen LogP contribution < -0.4 is 5.32 Å². The third-order valence-electron chi connectivity index (χ3n) is 7.17. The van der Waals surface area contributed by atoms with E-state index in [0.717, 1.165) is 16.0 Å². The maximum atomic E-state index is 14.1. The third-order valence-corrected chi connectivity index (χ3v) is 7.17. The highest BCUT2D eigenvalue weighted by Gasteiger charge is 2.47. The normalized spacial score (nSPS) is 18.7. The molecule has 3 aromatic rings. The molecule has 0 bridgehead atoms. The summed E-state index contributed by atoms with van der Waals surface area (Å²) in [5.74, 6) is -1.01. The van der Waals surface area contributed by atoms with Gasteiger partial charge in [-0.25, -0.2) is 9.59 Å². The number of hydroxylamine groups is 2. The fraction of sp³-hybridized carbons (Fsp3) is 0.471. The number of nitrogens with one attached hydrogen (secondary N) is 1. The van der Waals surface area contributed by atoms with E-state index in [2.05, 4.69) is 10.3 Å². The summed E-state index contributed by atoms with van der Waals surface area (Å²) in [7, 11) is 0. The van der Waals surface area contributed by atoms with Gasteiger partial charge in [0.2, 0.25) is 5.91 Å². The summed E-state index contributed by atoms with van der Waals surface area (Å²) in [6.45, 7) is 10.2. The Balaban J connectivity index is 1.69. The molecule has 0 aliphatic carbocycles. The van der Waals surface area contributed by atoms with Crippen molar-refractivity contribution in [1.82, 2.24) is 14.9 Å². The molecular weight excluding hydrogens is 576 g/mol. The van der Waals surface area contributed by atoms with Gasteiger partial charge in [0.05, 0.1) is 17.2 Å². The SMILES string of the molecule is CC(C)(C)OC(=O)N1C[C@H](N(OCc2ccccc2)C(=O)OC(C)(C)C)C[C@@H](CCO)[C@H]1C(=O)Nc1cccc2cccnc12. The lowest BCUT2D eigenvalue weighted by Gasteiger charge is -2.46. The number of aliphatic hydroxyl groups excluding tert-OH is 1. The second-order valence-corrected chi connectivity index (χ2v) is 13.2. The Labute approximate surface area is 264 Å². The number of piperidine rings is 1. The monoisotopic (exact) mass is 620 g/mol. The average Bonchev–Trinajstić information content (AvgIpc) is 2.96. The zero-order chi connectivity index (χ0) is 32.8. The van der Waals surface area contributed by atoms with E-state index in [9.17, 15) is 19.5 Å². The lowest BCUT2D eigenvalue weighted by molar-refractivity contribution is -0.193. The average molecular weight is 621 g/mol. The molecule has 1 aliphatic heterocycles. The highest BCUT2D eigenvalue weighted by Crippen LogP contribution is 2.33. The van der Waals surface area contributed by atoms with Crippen molar-refractivity contribution < 1.29 is 33.8 Å². The minimum absolute atomic E-state index is 0.0727. The highest BCUT2D eigenvalue weighted by molar-refractivity contribution is 6.03. The molecule has 0 spiro atoms. The van der Waals surface area contributed by atoms with Gasteiger partial charge in [-0.15, -0.1) is 0 Å². The summed E-state index contributed by atoms with van der Waals surface area (Å²) < 4.78 is 11.5. The minimum Gasteiger partial charge on any atom is -0.444 e. The van der Waals surface area contributed by atoms with Crippen molar-refractivity contribution in [1.29, 1.82) is 0 Å². The van der Waals surface area contributed by atoms with Crippen LogP contribution in [-0.2, 0) is 25.7 Å². The van der Waals surface area contributed by atoms with Gasteiger partial charge in [-0.2, -0.15) is 5.06 Å². The van der Waals surface area contributed by atoms with Crippen LogP contribution in [0.2, 0.25) is 0 Å². The van der Waals surface area contributed by atoms with Gasteiger partial charge in [0.1, 0.15) is 23.9 Å². The highest BCUT2D eigenvalue weighted by atomic mass is 16.7. The van der Waals surface area contributed by atoms with Gasteiger partial charge in [-0.3, -0.25) is 19.5 Å². The molecular formula is C34H44N4O7. The molecule has 1 fully saturated rings. The van der Waals surface area contributed by atoms with Crippen LogP contribution in [0.15, 0.2) is 66.9 Å². The first kappa shape index (κ1) is 33.7. The molecule has 11 nitrogen and oxygen atoms in total. The summed E-state index contributed by atoms with van der Waals surface area (Å²) in [4.78, 5) is 53.2. The van der Waals surface area contributed by atoms with Gasteiger partial charge in [-0.05, 0) is 78.0 Å². The first-order chi connectivity index (χ1) is 21.3. The van der Waals surface area contributed by atoms with Gasteiger partial charge in [0, 0.05) is 24.7 Å². The number of ether oxygens (including phenoxy) is 2. The fourth-order valence-electron chi connectivity index (χ4n) is 5.37. The molecule has 3 atom stereocenters. The molecule has 0 unspecified atom stereocenters. The number of para-hydroxylation sites is 1. The molecule has 242 valence electrons. The van der Waals surface area contributed by atoms with Crippen molar-refractivity contribution in [2.24, 2.45) is 5.92 Å². The number of hydrogen-bond donors (Lipinski definition) is 2. The maximum absolute atomic E-state index is 14.1. The number of likely N-dealkylation sites (tertiary alicyclic amines) is 1. The van der Waals surface area contributed by atoms with E-state index in [1.165, 1.54) is 4.90 Å². The summed E-state index contributed by atoms with van der Waals surface area (Å²) >= 11 is 0. The van der Waals surface area contributed by atoms with Crippen molar-refractivity contribution in [2.75, 3.05) is 18.5 Å². The molecule has 0 radical (unpaired) electrons. The topological polar surface area (TPSA) is 131 Å². The Bertz CT molecular complexity index is 1460. The van der Waals surface area contributed by atoms with Crippen LogP contribution in [-0.4, -0.2) is 74.6 Å². The number of fused-ring (bicyclic) bond motifs is 1. The molecule has 3 amide bonds. The Morgan fingerprint density at radius 2 is 1.64 bits per heavy atom. The summed E-state index contributed by atoms with van der Waals surface area (Å²) in [5.41, 5.74) is 0.262. The molecule has 1 aliphatic rings. The quantitative estimate of drug-likeness (QED) is 0.297. The Hall–Kier alpha value is -4.22. The van der Waals surface area contributed by atoms with Gasteiger partial charge >= 0.3 is 12.2 Å². The van der Waals surface area contributed by atoms with Crippen LogP contribution >= 0.6 is 0 Å². The van der Waals surface area contributed by atoms with Gasteiger partial charge in [-0.1, -0.05) is 48.5 Å². The zero-order valence-corrected chi connectivity index (χ0v) is 26.9. The molecule has 2 aromatic carbocycles. The van der Waals surface area contributed by atoms with Crippen molar-refractivity contribution in [3.63, 3.8) is 0 Å². The van der Waals surface area contributed by atoms with Crippen LogP contribution in [0.25, 0.3) is 10.9 Å². The fourth-order valence-corrected chi connectivity index (χ4v) is 5.37. The van der Waals surface area contributed by atoms with E-state index >= 15 is 0 Å². The van der Waals surface area contributed by atoms with Crippen LogP contribution in [0, 0.1) is 5.92 Å². The van der Waals surface area contributed by atoms with Crippen LogP contribution in [0.1, 0.15) is 59.9 Å². The predicted molar refractivity (Wildman–Crippen MR) is 170 cm³/mol. The van der Waals surface area contributed by atoms with Crippen LogP contribution in [0.4, 0.5) is 15.3 Å². The second-order valence-electron chi connectivity index (χ2n) is 13.2. The Kier molecular flexibility index (Phi) is 10.7. The minimum atomic E-state index is -1.02. The van der Waals surface area contributed by atoms with Crippen LogP contribution in [0.5, 0.6) is 0 Å². The molecule has 4 rings (SSSR count). The second kappa shape index (κ2) is 14.3. The van der Waals surface area contributed by atoms with E-state index in [1.54, 1.807) is 53.8 Å². The zero-order valence-electron chi connectivity index (χ0n) is 26.9. The smallest absolute Gasteiger partial charge is 0.434 e. The lowest BCUT2D eigenvalue weighted by Crippen LogP contribution is -2.62. The Morgan fingerprint density at radius 3 is 2.31 bits per heavy atom. The lowest BCUT2D eigenvalue weighted by atomic mass is 9.83. The van der Waals surface area contributed by atoms with E-state index in [4.69, 9.17) is 14.3 Å². The molecule has 0 saturated carbocycles. The molecule has 2 heterocycles. The number of rotatable bonds is 8. The molecule has 11 heteroatoms. The number of amides is 3. The van der Waals surface area contributed by atoms with E-state index in [-0.39, 0.29) is 32.6 Å². The van der Waals surface area contributed by atoms with Crippen molar-refractivity contribution in [2.45, 2.75) is 84.3 Å². The molecule has 1 aromatic heterocycles. The van der Waals surface area contributed by atoms with Crippen molar-refractivity contribution in [3.05, 3.63) is 72.4 Å². The van der Waals surface area contributed by atoms with E-state index < -0.39 is 47.3 Å². The largest absolute Gasteiger partial charge is 0.444 e. The number of aliphatic hydroxyl groups is 1. The van der Waals surface area contributed by atoms with Gasteiger partial charge in [0.25, 0.3) is 0 Å². The predicted octanol–water partition coefficient (Wildman–Crippen LogP) is 5.92. The van der Waals surface area contributed by atoms with Crippen molar-refractivity contribution in [3.8, 4) is 0 Å². The van der Waals surface area contributed by atoms with Crippen LogP contribution in [0.3, 0.4) is 0 Å². The number of carbonyl (C=O) groups excluding carboxylic acids is 3. The molecule has 1 saturated heterocycles.